The van der Waals surface area contributed by atoms with Gasteiger partial charge in [0.2, 0.25) is 0 Å². The fraction of sp³-hybridized carbons (Fsp3) is 0.226. The van der Waals surface area contributed by atoms with Gasteiger partial charge in [-0.15, -0.1) is 5.10 Å². The van der Waals surface area contributed by atoms with Crippen molar-refractivity contribution in [3.05, 3.63) is 114 Å². The van der Waals surface area contributed by atoms with E-state index in [0.717, 1.165) is 66.5 Å². The smallest absolute Gasteiger partial charge is 0.178 e. The van der Waals surface area contributed by atoms with Crippen molar-refractivity contribution >= 4 is 17.0 Å². The third kappa shape index (κ3) is 5.43. The van der Waals surface area contributed by atoms with Crippen LogP contribution in [0.4, 0.5) is 0 Å². The van der Waals surface area contributed by atoms with E-state index in [2.05, 4.69) is 91.0 Å². The summed E-state index contributed by atoms with van der Waals surface area (Å²) in [5, 5.41) is 14.2. The lowest BCUT2D eigenvalue weighted by molar-refractivity contribution is 0.114. The van der Waals surface area contributed by atoms with Crippen LogP contribution in [-0.2, 0) is 0 Å². The highest BCUT2D eigenvalue weighted by atomic mass is 16.5. The fourth-order valence-electron chi connectivity index (χ4n) is 5.23. The van der Waals surface area contributed by atoms with Gasteiger partial charge in [-0.25, -0.2) is 0 Å². The van der Waals surface area contributed by atoms with Crippen LogP contribution in [0.2, 0.25) is 0 Å². The Bertz CT molecular complexity index is 1540. The summed E-state index contributed by atoms with van der Waals surface area (Å²) in [6.07, 6.45) is 6.33. The van der Waals surface area contributed by atoms with E-state index in [1.54, 1.807) is 7.11 Å². The van der Waals surface area contributed by atoms with Gasteiger partial charge < -0.3 is 4.74 Å². The van der Waals surface area contributed by atoms with Crippen molar-refractivity contribution < 1.29 is 4.74 Å². The van der Waals surface area contributed by atoms with Crippen molar-refractivity contribution in [1.82, 2.24) is 35.0 Å². The number of tetrazole rings is 1. The van der Waals surface area contributed by atoms with Crippen molar-refractivity contribution in [2.24, 2.45) is 0 Å². The zero-order valence-electron chi connectivity index (χ0n) is 22.0. The second-order valence-corrected chi connectivity index (χ2v) is 9.62. The van der Waals surface area contributed by atoms with Gasteiger partial charge in [0.25, 0.3) is 0 Å². The van der Waals surface area contributed by atoms with E-state index < -0.39 is 0 Å². The van der Waals surface area contributed by atoms with E-state index >= 15 is 0 Å². The lowest BCUT2D eigenvalue weighted by Crippen LogP contribution is -2.48. The number of rotatable bonds is 8. The average molecular weight is 518 g/mol. The summed E-state index contributed by atoms with van der Waals surface area (Å²) in [5.41, 5.74) is 4.24. The third-order valence-corrected chi connectivity index (χ3v) is 7.28. The van der Waals surface area contributed by atoms with Crippen LogP contribution >= 0.6 is 0 Å². The summed E-state index contributed by atoms with van der Waals surface area (Å²) < 4.78 is 7.20. The molecule has 0 radical (unpaired) electrons. The maximum Gasteiger partial charge on any atom is 0.178 e. The van der Waals surface area contributed by atoms with Crippen LogP contribution in [-0.4, -0.2) is 74.8 Å². The molecule has 0 spiro atoms. The van der Waals surface area contributed by atoms with Crippen LogP contribution in [0.15, 0.2) is 97.2 Å². The van der Waals surface area contributed by atoms with Crippen molar-refractivity contribution in [1.29, 1.82) is 0 Å². The molecule has 5 aromatic rings. The molecule has 39 heavy (non-hydrogen) atoms. The topological polar surface area (TPSA) is 72.2 Å². The minimum atomic E-state index is -0.128. The molecule has 1 aliphatic rings. The Balaban J connectivity index is 1.30. The second-order valence-electron chi connectivity index (χ2n) is 9.62. The Morgan fingerprint density at radius 1 is 0.872 bits per heavy atom. The first kappa shape index (κ1) is 24.9. The average Bonchev–Trinajstić information content (AvgIpc) is 3.48. The maximum absolute atomic E-state index is 5.35. The number of methoxy groups -OCH3 is 1. The maximum atomic E-state index is 5.35. The zero-order valence-corrected chi connectivity index (χ0v) is 22.0. The quantitative estimate of drug-likeness (QED) is 0.297. The molecule has 1 unspecified atom stereocenters. The summed E-state index contributed by atoms with van der Waals surface area (Å²) in [5.74, 6) is 1.58. The summed E-state index contributed by atoms with van der Waals surface area (Å²) in [6, 6.07) is 28.5. The normalized spacial score (nSPS) is 15.6. The summed E-state index contributed by atoms with van der Waals surface area (Å²) in [6.45, 7) is 4.65. The Morgan fingerprint density at radius 3 is 2.44 bits per heavy atom. The van der Waals surface area contributed by atoms with Crippen molar-refractivity contribution in [3.8, 4) is 11.4 Å². The molecule has 1 atom stereocenters. The fourth-order valence-corrected chi connectivity index (χ4v) is 5.23. The van der Waals surface area contributed by atoms with Gasteiger partial charge in [0.05, 0.1) is 24.4 Å². The first-order valence-corrected chi connectivity index (χ1v) is 13.2. The van der Waals surface area contributed by atoms with E-state index in [-0.39, 0.29) is 6.04 Å². The highest BCUT2D eigenvalue weighted by molar-refractivity contribution is 5.82. The summed E-state index contributed by atoms with van der Waals surface area (Å²) in [7, 11) is 1.67. The highest BCUT2D eigenvalue weighted by Crippen LogP contribution is 2.33. The van der Waals surface area contributed by atoms with Crippen molar-refractivity contribution in [2.75, 3.05) is 39.8 Å². The number of aromatic nitrogens is 5. The van der Waals surface area contributed by atoms with E-state index in [4.69, 9.17) is 4.74 Å². The number of benzene rings is 3. The van der Waals surface area contributed by atoms with Gasteiger partial charge in [-0.3, -0.25) is 14.8 Å². The molecule has 0 aliphatic carbocycles. The third-order valence-electron chi connectivity index (χ3n) is 7.28. The van der Waals surface area contributed by atoms with Crippen LogP contribution in [0.5, 0.6) is 5.75 Å². The van der Waals surface area contributed by atoms with E-state index in [1.165, 1.54) is 5.56 Å². The van der Waals surface area contributed by atoms with E-state index in [1.807, 2.05) is 47.3 Å². The predicted molar refractivity (Wildman–Crippen MR) is 153 cm³/mol. The lowest BCUT2D eigenvalue weighted by Gasteiger charge is -2.38. The van der Waals surface area contributed by atoms with E-state index in [0.29, 0.717) is 0 Å². The molecule has 0 amide bonds. The molecule has 1 aliphatic heterocycles. The predicted octanol–water partition coefficient (Wildman–Crippen LogP) is 4.64. The molecule has 8 heteroatoms. The Morgan fingerprint density at radius 2 is 1.64 bits per heavy atom. The van der Waals surface area contributed by atoms with Crippen molar-refractivity contribution in [3.63, 3.8) is 0 Å². The van der Waals surface area contributed by atoms with E-state index in [9.17, 15) is 0 Å². The molecule has 0 N–H and O–H groups in total. The van der Waals surface area contributed by atoms with Crippen LogP contribution in [0, 0.1) is 0 Å². The van der Waals surface area contributed by atoms with Crippen LogP contribution in [0.25, 0.3) is 22.7 Å². The molecule has 0 bridgehead atoms. The van der Waals surface area contributed by atoms with Gasteiger partial charge in [0, 0.05) is 44.3 Å². The van der Waals surface area contributed by atoms with Crippen molar-refractivity contribution in [2.45, 2.75) is 6.04 Å². The minimum Gasteiger partial charge on any atom is -0.497 e. The molecule has 196 valence electrons. The van der Waals surface area contributed by atoms with Gasteiger partial charge in [0.1, 0.15) is 5.75 Å². The molecular weight excluding hydrogens is 486 g/mol. The molecule has 3 heterocycles. The van der Waals surface area contributed by atoms with Gasteiger partial charge in [-0.2, -0.15) is 4.68 Å². The number of para-hydroxylation sites is 1. The first-order valence-electron chi connectivity index (χ1n) is 13.2. The number of nitrogens with zero attached hydrogens (tertiary/aromatic N) is 7. The van der Waals surface area contributed by atoms with Gasteiger partial charge >= 0.3 is 0 Å². The minimum absolute atomic E-state index is 0.128. The summed E-state index contributed by atoms with van der Waals surface area (Å²) >= 11 is 0. The Kier molecular flexibility index (Phi) is 7.38. The summed E-state index contributed by atoms with van der Waals surface area (Å²) in [4.78, 5) is 9.60. The number of pyridine rings is 1. The molecule has 6 rings (SSSR count). The standard InChI is InChI=1S/C31H31N7O/c1-39-26-15-13-25(14-16-26)38-31(33-34-35-38)30(28-17-18-32-29-12-6-5-11-27(28)29)37-22-20-36(21-23-37)19-7-10-24-8-3-2-4-9-24/h2-18,30H,19-23H2,1H3/b10-7+. The van der Waals surface area contributed by atoms with Gasteiger partial charge in [-0.05, 0) is 58.0 Å². The van der Waals surface area contributed by atoms with Gasteiger partial charge in [-0.1, -0.05) is 60.7 Å². The molecule has 0 saturated carbocycles. The molecule has 8 nitrogen and oxygen atoms in total. The molecular formula is C31H31N7O. The van der Waals surface area contributed by atoms with Crippen LogP contribution in [0.3, 0.4) is 0 Å². The Labute approximate surface area is 228 Å². The molecule has 1 fully saturated rings. The largest absolute Gasteiger partial charge is 0.497 e. The Hall–Kier alpha value is -4.40. The second kappa shape index (κ2) is 11.6. The number of piperazine rings is 1. The highest BCUT2D eigenvalue weighted by Gasteiger charge is 2.32. The molecule has 3 aromatic carbocycles. The van der Waals surface area contributed by atoms with Crippen LogP contribution < -0.4 is 4.74 Å². The number of fused-ring (bicyclic) bond motifs is 1. The molecule has 1 saturated heterocycles. The molecule has 2 aromatic heterocycles. The number of hydrogen-bond donors (Lipinski definition) is 0. The van der Waals surface area contributed by atoms with Gasteiger partial charge in [0.15, 0.2) is 5.82 Å². The monoisotopic (exact) mass is 517 g/mol. The first-order chi connectivity index (χ1) is 19.3. The lowest BCUT2D eigenvalue weighted by atomic mass is 9.99. The number of hydrogen-bond acceptors (Lipinski definition) is 7. The zero-order chi connectivity index (χ0) is 26.4. The number of ether oxygens (including phenoxy) is 1. The van der Waals surface area contributed by atoms with Crippen LogP contribution in [0.1, 0.15) is 23.0 Å². The SMILES string of the molecule is COc1ccc(-n2nnnc2C(c2ccnc3ccccc23)N2CCN(C/C=C/c3ccccc3)CC2)cc1.